The summed E-state index contributed by atoms with van der Waals surface area (Å²) in [5.41, 5.74) is 0. The number of hydrogen-bond acceptors (Lipinski definition) is 5. The van der Waals surface area contributed by atoms with Crippen molar-refractivity contribution in [3.8, 4) is 23.1 Å². The molecule has 1 aromatic carbocycles. The van der Waals surface area contributed by atoms with Crippen LogP contribution in [-0.2, 0) is 4.79 Å². The molecule has 0 aliphatic carbocycles. The Hall–Kier alpha value is -2.76. The van der Waals surface area contributed by atoms with Crippen molar-refractivity contribution in [2.24, 2.45) is 0 Å². The minimum absolute atomic E-state index is 0.0694. The first-order chi connectivity index (χ1) is 11.9. The highest BCUT2D eigenvalue weighted by Gasteiger charge is 2.06. The van der Waals surface area contributed by atoms with Crippen LogP contribution in [0.3, 0.4) is 0 Å². The zero-order valence-electron chi connectivity index (χ0n) is 15.0. The molecule has 1 amide bonds. The third-order valence-electron chi connectivity index (χ3n) is 3.08. The summed E-state index contributed by atoms with van der Waals surface area (Å²) in [5.74, 6) is 2.48. The molecule has 1 atom stereocenters. The summed E-state index contributed by atoms with van der Waals surface area (Å²) >= 11 is 0. The Morgan fingerprint density at radius 3 is 2.24 bits per heavy atom. The monoisotopic (exact) mass is 344 g/mol. The lowest BCUT2D eigenvalue weighted by molar-refractivity contribution is -0.119. The molecule has 2 rings (SSSR count). The lowest BCUT2D eigenvalue weighted by Crippen LogP contribution is -2.35. The molecule has 6 nitrogen and oxygen atoms in total. The third kappa shape index (κ3) is 6.71. The largest absolute Gasteiger partial charge is 0.491 e. The normalized spacial score (nSPS) is 11.7. The molecule has 0 bridgehead atoms. The maximum Gasteiger partial charge on any atom is 0.219 e. The molecule has 0 spiro atoms. The SMILES string of the molecule is CC(=O)N[C@@H](C)COc1ccc(Oc2ccc(OC(C)C)cc2)nc1. The first-order valence-electron chi connectivity index (χ1n) is 8.23. The maximum absolute atomic E-state index is 11.0. The molecular weight excluding hydrogens is 320 g/mol. The number of ether oxygens (including phenoxy) is 3. The molecule has 1 N–H and O–H groups in total. The molecule has 0 radical (unpaired) electrons. The first-order valence-corrected chi connectivity index (χ1v) is 8.23. The van der Waals surface area contributed by atoms with E-state index in [-0.39, 0.29) is 18.1 Å². The number of amides is 1. The molecule has 0 fully saturated rings. The average Bonchev–Trinajstić information content (AvgIpc) is 2.55. The molecule has 1 heterocycles. The van der Waals surface area contributed by atoms with Gasteiger partial charge >= 0.3 is 0 Å². The molecular formula is C19H24N2O4. The highest BCUT2D eigenvalue weighted by molar-refractivity contribution is 5.73. The van der Waals surface area contributed by atoms with Gasteiger partial charge in [0.05, 0.1) is 18.3 Å². The van der Waals surface area contributed by atoms with Crippen LogP contribution in [0.15, 0.2) is 42.6 Å². The van der Waals surface area contributed by atoms with Crippen molar-refractivity contribution in [1.82, 2.24) is 10.3 Å². The predicted octanol–water partition coefficient (Wildman–Crippen LogP) is 3.56. The second-order valence-electron chi connectivity index (χ2n) is 5.98. The van der Waals surface area contributed by atoms with Crippen LogP contribution in [0, 0.1) is 0 Å². The standard InChI is InChI=1S/C19H24N2O4/c1-13(2)24-16-5-7-17(8-6-16)25-19-10-9-18(11-20-19)23-12-14(3)21-15(4)22/h5-11,13-14H,12H2,1-4H3,(H,21,22)/t14-/m0/s1. The number of nitrogens with one attached hydrogen (secondary N) is 1. The van der Waals surface area contributed by atoms with Crippen LogP contribution in [-0.4, -0.2) is 29.6 Å². The Kier molecular flexibility index (Phi) is 6.62. The van der Waals surface area contributed by atoms with Crippen molar-refractivity contribution in [1.29, 1.82) is 0 Å². The van der Waals surface area contributed by atoms with E-state index in [0.717, 1.165) is 5.75 Å². The zero-order chi connectivity index (χ0) is 18.2. The second-order valence-corrected chi connectivity index (χ2v) is 5.98. The second kappa shape index (κ2) is 8.92. The van der Waals surface area contributed by atoms with Crippen LogP contribution >= 0.6 is 0 Å². The van der Waals surface area contributed by atoms with Gasteiger partial charge in [0.15, 0.2) is 0 Å². The summed E-state index contributed by atoms with van der Waals surface area (Å²) in [5, 5.41) is 2.75. The molecule has 134 valence electrons. The van der Waals surface area contributed by atoms with Crippen LogP contribution in [0.5, 0.6) is 23.1 Å². The highest BCUT2D eigenvalue weighted by Crippen LogP contribution is 2.24. The number of hydrogen-bond donors (Lipinski definition) is 1. The van der Waals surface area contributed by atoms with Gasteiger partial charge in [-0.15, -0.1) is 0 Å². The quantitative estimate of drug-likeness (QED) is 0.793. The summed E-state index contributed by atoms with van der Waals surface area (Å²) in [6, 6.07) is 10.8. The summed E-state index contributed by atoms with van der Waals surface area (Å²) in [4.78, 5) is 15.2. The third-order valence-corrected chi connectivity index (χ3v) is 3.08. The lowest BCUT2D eigenvalue weighted by atomic mass is 10.3. The Morgan fingerprint density at radius 1 is 1.04 bits per heavy atom. The van der Waals surface area contributed by atoms with Gasteiger partial charge in [0.25, 0.3) is 0 Å². The number of nitrogens with zero attached hydrogens (tertiary/aromatic N) is 1. The van der Waals surface area contributed by atoms with Gasteiger partial charge in [-0.05, 0) is 51.1 Å². The smallest absolute Gasteiger partial charge is 0.219 e. The average molecular weight is 344 g/mol. The fourth-order valence-electron chi connectivity index (χ4n) is 2.10. The van der Waals surface area contributed by atoms with E-state index in [9.17, 15) is 4.79 Å². The Labute approximate surface area is 148 Å². The van der Waals surface area contributed by atoms with Crippen LogP contribution < -0.4 is 19.5 Å². The van der Waals surface area contributed by atoms with Gasteiger partial charge in [-0.1, -0.05) is 0 Å². The molecule has 0 aliphatic rings. The molecule has 25 heavy (non-hydrogen) atoms. The molecule has 0 saturated carbocycles. The topological polar surface area (TPSA) is 69.7 Å². The van der Waals surface area contributed by atoms with Crippen LogP contribution in [0.25, 0.3) is 0 Å². The number of carbonyl (C=O) groups is 1. The van der Waals surface area contributed by atoms with E-state index >= 15 is 0 Å². The fourth-order valence-corrected chi connectivity index (χ4v) is 2.10. The number of pyridine rings is 1. The Morgan fingerprint density at radius 2 is 1.68 bits per heavy atom. The van der Waals surface area contributed by atoms with Crippen LogP contribution in [0.4, 0.5) is 0 Å². The van der Waals surface area contributed by atoms with E-state index in [1.165, 1.54) is 6.92 Å². The van der Waals surface area contributed by atoms with E-state index in [4.69, 9.17) is 14.2 Å². The highest BCUT2D eigenvalue weighted by atomic mass is 16.5. The van der Waals surface area contributed by atoms with E-state index in [1.807, 2.05) is 45.0 Å². The first kappa shape index (κ1) is 18.6. The number of aromatic nitrogens is 1. The number of rotatable bonds is 8. The van der Waals surface area contributed by atoms with Gasteiger partial charge in [-0.2, -0.15) is 0 Å². The molecule has 0 unspecified atom stereocenters. The van der Waals surface area contributed by atoms with Crippen LogP contribution in [0.2, 0.25) is 0 Å². The van der Waals surface area contributed by atoms with Crippen molar-refractivity contribution in [3.63, 3.8) is 0 Å². The summed E-state index contributed by atoms with van der Waals surface area (Å²) in [6.07, 6.45) is 1.72. The molecule has 0 aliphatic heterocycles. The molecule has 6 heteroatoms. The summed E-state index contributed by atoms with van der Waals surface area (Å²) in [7, 11) is 0. The molecule has 1 aromatic heterocycles. The zero-order valence-corrected chi connectivity index (χ0v) is 15.0. The molecule has 2 aromatic rings. The Bertz CT molecular complexity index is 669. The van der Waals surface area contributed by atoms with Gasteiger partial charge < -0.3 is 19.5 Å². The van der Waals surface area contributed by atoms with E-state index in [1.54, 1.807) is 18.3 Å². The number of benzene rings is 1. The van der Waals surface area contributed by atoms with E-state index in [0.29, 0.717) is 24.0 Å². The van der Waals surface area contributed by atoms with Gasteiger partial charge in [0.1, 0.15) is 23.9 Å². The van der Waals surface area contributed by atoms with Crippen molar-refractivity contribution >= 4 is 5.91 Å². The van der Waals surface area contributed by atoms with E-state index < -0.39 is 0 Å². The fraction of sp³-hybridized carbons (Fsp3) is 0.368. The predicted molar refractivity (Wildman–Crippen MR) is 95.3 cm³/mol. The summed E-state index contributed by atoms with van der Waals surface area (Å²) in [6.45, 7) is 7.69. The van der Waals surface area contributed by atoms with Gasteiger partial charge in [-0.3, -0.25) is 4.79 Å². The number of carbonyl (C=O) groups excluding carboxylic acids is 1. The minimum atomic E-state index is -0.0808. The Balaban J connectivity index is 1.86. The maximum atomic E-state index is 11.0. The van der Waals surface area contributed by atoms with Crippen molar-refractivity contribution in [2.75, 3.05) is 6.61 Å². The minimum Gasteiger partial charge on any atom is -0.491 e. The van der Waals surface area contributed by atoms with E-state index in [2.05, 4.69) is 10.3 Å². The van der Waals surface area contributed by atoms with Gasteiger partial charge in [0.2, 0.25) is 11.8 Å². The van der Waals surface area contributed by atoms with Gasteiger partial charge in [-0.25, -0.2) is 4.98 Å². The molecule has 0 saturated heterocycles. The van der Waals surface area contributed by atoms with Crippen molar-refractivity contribution < 1.29 is 19.0 Å². The van der Waals surface area contributed by atoms with Gasteiger partial charge in [0, 0.05) is 13.0 Å². The summed E-state index contributed by atoms with van der Waals surface area (Å²) < 4.78 is 16.9. The lowest BCUT2D eigenvalue weighted by Gasteiger charge is -2.14. The van der Waals surface area contributed by atoms with Crippen LogP contribution in [0.1, 0.15) is 27.7 Å². The van der Waals surface area contributed by atoms with Crippen molar-refractivity contribution in [2.45, 2.75) is 39.8 Å². The van der Waals surface area contributed by atoms with Crippen molar-refractivity contribution in [3.05, 3.63) is 42.6 Å².